The Morgan fingerprint density at radius 2 is 2.17 bits per heavy atom. The summed E-state index contributed by atoms with van der Waals surface area (Å²) < 4.78 is 18.3. The van der Waals surface area contributed by atoms with E-state index in [2.05, 4.69) is 15.4 Å². The highest BCUT2D eigenvalue weighted by molar-refractivity contribution is 6.29. The Balaban J connectivity index is 2.47. The fourth-order valence-electron chi connectivity index (χ4n) is 0.194. The number of hydrogen-bond acceptors (Lipinski definition) is 3. The van der Waals surface area contributed by atoms with E-state index < -0.39 is 9.17 Å². The molecule has 0 spiro atoms. The van der Waals surface area contributed by atoms with E-state index in [4.69, 9.17) is 0 Å². The summed E-state index contributed by atoms with van der Waals surface area (Å²) in [7, 11) is -2.09. The average molecular weight is 102 g/mol. The zero-order chi connectivity index (χ0) is 4.57. The van der Waals surface area contributed by atoms with Crippen molar-refractivity contribution in [2.45, 2.75) is 0 Å². The van der Waals surface area contributed by atoms with Crippen LogP contribution in [0, 0.1) is 0 Å². The van der Waals surface area contributed by atoms with Gasteiger partial charge in [-0.2, -0.15) is 0 Å². The second-order valence-electron chi connectivity index (χ2n) is 0.826. The van der Waals surface area contributed by atoms with E-state index in [1.807, 2.05) is 0 Å². The van der Waals surface area contributed by atoms with Gasteiger partial charge in [-0.15, -0.1) is 0 Å². The monoisotopic (exact) mass is 102 g/mol. The van der Waals surface area contributed by atoms with Crippen molar-refractivity contribution in [1.82, 2.24) is 0 Å². The predicted molar refractivity (Wildman–Crippen MR) is 17.8 cm³/mol. The maximum Gasteiger partial charge on any atom is 0.782 e. The Hall–Kier alpha value is -0.643. The van der Waals surface area contributed by atoms with Gasteiger partial charge >= 0.3 is 9.17 Å². The fraction of sp³-hybridized carbons (Fsp3) is 0. The van der Waals surface area contributed by atoms with E-state index in [-0.39, 0.29) is 5.95 Å². The summed E-state index contributed by atoms with van der Waals surface area (Å²) >= 11 is 0. The molecule has 0 radical (unpaired) electrons. The van der Waals surface area contributed by atoms with Crippen molar-refractivity contribution in [2.75, 3.05) is 0 Å². The molecule has 1 aliphatic heterocycles. The molecule has 32 valence electrons. The second kappa shape index (κ2) is 0.907. The lowest BCUT2D eigenvalue weighted by Gasteiger charge is -2.12. The average Bonchev–Trinajstić information content (AvgIpc) is 1.33. The Morgan fingerprint density at radius 1 is 1.67 bits per heavy atom. The minimum absolute atomic E-state index is 0.166. The minimum Gasteiger partial charge on any atom is -0.430 e. The van der Waals surface area contributed by atoms with Crippen molar-refractivity contribution in [3.05, 3.63) is 12.5 Å². The minimum atomic E-state index is -2.09. The maximum absolute atomic E-state index is 9.79. The summed E-state index contributed by atoms with van der Waals surface area (Å²) in [4.78, 5) is 0. The van der Waals surface area contributed by atoms with Gasteiger partial charge in [-0.05, 0) is 6.58 Å². The lowest BCUT2D eigenvalue weighted by molar-refractivity contribution is 0.0702. The quantitative estimate of drug-likeness (QED) is 0.401. The first-order valence-electron chi connectivity index (χ1n) is 1.37. The predicted octanol–water partition coefficient (Wildman–Crippen LogP) is -0.0802. The third-order valence-corrected chi connectivity index (χ3v) is 1.18. The lowest BCUT2D eigenvalue weighted by Crippen LogP contribution is -2.23. The van der Waals surface area contributed by atoms with Gasteiger partial charge in [0.05, 0.1) is 0 Å². The van der Waals surface area contributed by atoms with Gasteiger partial charge in [0.2, 0.25) is 0 Å². The van der Waals surface area contributed by atoms with Gasteiger partial charge in [-0.3, -0.25) is 4.46 Å². The van der Waals surface area contributed by atoms with E-state index in [0.29, 0.717) is 0 Å². The summed E-state index contributed by atoms with van der Waals surface area (Å²) in [5.41, 5.74) is 0. The summed E-state index contributed by atoms with van der Waals surface area (Å²) in [5, 5.41) is 0. The highest BCUT2D eigenvalue weighted by atomic mass is 28.3. The molecule has 1 fully saturated rings. The van der Waals surface area contributed by atoms with Crippen LogP contribution in [0.5, 0.6) is 0 Å². The summed E-state index contributed by atoms with van der Waals surface area (Å²) in [6, 6.07) is 0. The Kier molecular flexibility index (Phi) is 0.536. The van der Waals surface area contributed by atoms with E-state index in [9.17, 15) is 4.46 Å². The van der Waals surface area contributed by atoms with Gasteiger partial charge < -0.3 is 8.85 Å². The second-order valence-corrected chi connectivity index (χ2v) is 1.73. The lowest BCUT2D eigenvalue weighted by atomic mass is 11.1. The highest BCUT2D eigenvalue weighted by Gasteiger charge is 2.26. The molecule has 0 aliphatic carbocycles. The molecule has 0 aromatic carbocycles. The Bertz CT molecular complexity index is 85.4. The van der Waals surface area contributed by atoms with Crippen LogP contribution in [0.4, 0.5) is 0 Å². The fourth-order valence-corrected chi connectivity index (χ4v) is 0.581. The van der Waals surface area contributed by atoms with Gasteiger partial charge in [0.1, 0.15) is 0 Å². The third kappa shape index (κ3) is 0.345. The van der Waals surface area contributed by atoms with Crippen LogP contribution in [0.1, 0.15) is 0 Å². The molecule has 0 atom stereocenters. The molecule has 1 aliphatic rings. The standard InChI is InChI=1S/C2H2O3Si/c1-2-4-6(3)5-2/h1H2. The van der Waals surface area contributed by atoms with E-state index in [0.717, 1.165) is 0 Å². The van der Waals surface area contributed by atoms with Crippen LogP contribution < -0.4 is 0 Å². The molecule has 0 saturated carbocycles. The van der Waals surface area contributed by atoms with Crippen molar-refractivity contribution in [1.29, 1.82) is 0 Å². The van der Waals surface area contributed by atoms with Crippen LogP contribution in [0.2, 0.25) is 0 Å². The number of hydrogen-bond donors (Lipinski definition) is 0. The van der Waals surface area contributed by atoms with Crippen LogP contribution in [0.15, 0.2) is 12.5 Å². The molecule has 0 aromatic heterocycles. The molecular formula is C2H2O3Si. The SMILES string of the molecule is C=C1O[Si](=O)O1. The smallest absolute Gasteiger partial charge is 0.430 e. The van der Waals surface area contributed by atoms with E-state index in [1.165, 1.54) is 0 Å². The van der Waals surface area contributed by atoms with Gasteiger partial charge in [-0.25, -0.2) is 0 Å². The first kappa shape index (κ1) is 3.54. The largest absolute Gasteiger partial charge is 0.782 e. The normalized spacial score (nSPS) is 18.0. The molecule has 1 saturated heterocycles. The van der Waals surface area contributed by atoms with Gasteiger partial charge in [0, 0.05) is 0 Å². The van der Waals surface area contributed by atoms with Crippen molar-refractivity contribution in [2.24, 2.45) is 0 Å². The van der Waals surface area contributed by atoms with Gasteiger partial charge in [-0.1, -0.05) is 0 Å². The third-order valence-electron chi connectivity index (χ3n) is 0.394. The molecule has 0 unspecified atom stereocenters. The molecule has 3 nitrogen and oxygen atoms in total. The maximum atomic E-state index is 9.79. The molecule has 4 heteroatoms. The molecule has 0 N–H and O–H groups in total. The van der Waals surface area contributed by atoms with Crippen LogP contribution in [0.25, 0.3) is 0 Å². The Labute approximate surface area is 36.1 Å². The highest BCUT2D eigenvalue weighted by Crippen LogP contribution is 2.06. The topological polar surface area (TPSA) is 35.5 Å². The molecule has 0 aromatic rings. The van der Waals surface area contributed by atoms with Crippen LogP contribution in [-0.4, -0.2) is 9.17 Å². The van der Waals surface area contributed by atoms with E-state index >= 15 is 0 Å². The molecule has 0 bridgehead atoms. The van der Waals surface area contributed by atoms with Crippen molar-refractivity contribution >= 4 is 9.17 Å². The van der Waals surface area contributed by atoms with Crippen LogP contribution in [0.3, 0.4) is 0 Å². The first-order valence-corrected chi connectivity index (χ1v) is 2.60. The molecule has 6 heavy (non-hydrogen) atoms. The van der Waals surface area contributed by atoms with Gasteiger partial charge in [0.25, 0.3) is 5.95 Å². The van der Waals surface area contributed by atoms with Crippen molar-refractivity contribution < 1.29 is 13.3 Å². The summed E-state index contributed by atoms with van der Waals surface area (Å²) in [6.07, 6.45) is 0. The van der Waals surface area contributed by atoms with Gasteiger partial charge in [0.15, 0.2) is 0 Å². The first-order chi connectivity index (χ1) is 2.79. The zero-order valence-corrected chi connectivity index (χ0v) is 3.93. The molecular weight excluding hydrogens is 100 g/mol. The zero-order valence-electron chi connectivity index (χ0n) is 2.93. The molecule has 1 rings (SSSR count). The molecule has 0 amide bonds. The van der Waals surface area contributed by atoms with E-state index in [1.54, 1.807) is 0 Å². The number of rotatable bonds is 0. The van der Waals surface area contributed by atoms with Crippen LogP contribution in [-0.2, 0) is 13.3 Å². The Morgan fingerprint density at radius 3 is 2.17 bits per heavy atom. The summed E-state index contributed by atoms with van der Waals surface area (Å²) in [6.45, 7) is 3.19. The van der Waals surface area contributed by atoms with Crippen molar-refractivity contribution in [3.8, 4) is 0 Å². The summed E-state index contributed by atoms with van der Waals surface area (Å²) in [5.74, 6) is 0.166. The van der Waals surface area contributed by atoms with Crippen molar-refractivity contribution in [3.63, 3.8) is 0 Å². The molecule has 1 heterocycles. The van der Waals surface area contributed by atoms with Crippen LogP contribution >= 0.6 is 0 Å².